The molecule has 0 atom stereocenters. The van der Waals surface area contributed by atoms with Crippen molar-refractivity contribution in [2.24, 2.45) is 0 Å². The SMILES string of the molecule is CNc1ncc(C)c(N(C)Cc2ccco2)n1. The molecule has 0 unspecified atom stereocenters. The summed E-state index contributed by atoms with van der Waals surface area (Å²) in [6.07, 6.45) is 3.49. The Morgan fingerprint density at radius 3 is 2.94 bits per heavy atom. The van der Waals surface area contributed by atoms with Crippen LogP contribution in [0.2, 0.25) is 0 Å². The maximum atomic E-state index is 5.32. The average Bonchev–Trinajstić information content (AvgIpc) is 2.82. The Labute approximate surface area is 100 Å². The number of rotatable bonds is 4. The van der Waals surface area contributed by atoms with Crippen LogP contribution >= 0.6 is 0 Å². The van der Waals surface area contributed by atoms with E-state index in [-0.39, 0.29) is 0 Å². The largest absolute Gasteiger partial charge is 0.467 e. The summed E-state index contributed by atoms with van der Waals surface area (Å²) in [5.41, 5.74) is 1.04. The Bertz CT molecular complexity index is 481. The number of nitrogens with one attached hydrogen (secondary N) is 1. The van der Waals surface area contributed by atoms with Crippen LogP contribution in [0.5, 0.6) is 0 Å². The van der Waals surface area contributed by atoms with E-state index in [4.69, 9.17) is 4.42 Å². The Hall–Kier alpha value is -2.04. The van der Waals surface area contributed by atoms with Crippen molar-refractivity contribution < 1.29 is 4.42 Å². The summed E-state index contributed by atoms with van der Waals surface area (Å²) in [5.74, 6) is 2.44. The number of furan rings is 1. The van der Waals surface area contributed by atoms with Crippen molar-refractivity contribution in [2.75, 3.05) is 24.3 Å². The van der Waals surface area contributed by atoms with E-state index in [0.29, 0.717) is 12.5 Å². The van der Waals surface area contributed by atoms with Gasteiger partial charge in [0.2, 0.25) is 5.95 Å². The van der Waals surface area contributed by atoms with Gasteiger partial charge in [0, 0.05) is 25.9 Å². The van der Waals surface area contributed by atoms with E-state index in [2.05, 4.69) is 15.3 Å². The van der Waals surface area contributed by atoms with Crippen molar-refractivity contribution in [3.8, 4) is 0 Å². The third kappa shape index (κ3) is 2.55. The number of nitrogens with zero attached hydrogens (tertiary/aromatic N) is 3. The molecule has 1 N–H and O–H groups in total. The highest BCUT2D eigenvalue weighted by atomic mass is 16.3. The second kappa shape index (κ2) is 4.86. The van der Waals surface area contributed by atoms with Crippen LogP contribution in [0.4, 0.5) is 11.8 Å². The lowest BCUT2D eigenvalue weighted by atomic mass is 10.3. The molecule has 0 aliphatic heterocycles. The zero-order chi connectivity index (χ0) is 12.3. The van der Waals surface area contributed by atoms with Gasteiger partial charge in [-0.2, -0.15) is 4.98 Å². The molecule has 0 spiro atoms. The zero-order valence-corrected chi connectivity index (χ0v) is 10.3. The zero-order valence-electron chi connectivity index (χ0n) is 10.3. The minimum absolute atomic E-state index is 0.622. The number of hydrogen-bond acceptors (Lipinski definition) is 5. The van der Waals surface area contributed by atoms with Crippen LogP contribution < -0.4 is 10.2 Å². The molecular weight excluding hydrogens is 216 g/mol. The van der Waals surface area contributed by atoms with E-state index in [0.717, 1.165) is 17.1 Å². The molecule has 2 rings (SSSR count). The molecule has 5 nitrogen and oxygen atoms in total. The van der Waals surface area contributed by atoms with E-state index in [1.807, 2.05) is 37.2 Å². The van der Waals surface area contributed by atoms with Crippen molar-refractivity contribution in [1.82, 2.24) is 9.97 Å². The summed E-state index contributed by atoms with van der Waals surface area (Å²) in [7, 11) is 3.79. The summed E-state index contributed by atoms with van der Waals surface area (Å²) in [4.78, 5) is 10.6. The lowest BCUT2D eigenvalue weighted by Gasteiger charge is -2.19. The molecular formula is C12H16N4O. The maximum absolute atomic E-state index is 5.32. The molecule has 0 saturated heterocycles. The lowest BCUT2D eigenvalue weighted by Crippen LogP contribution is -2.19. The van der Waals surface area contributed by atoms with Crippen LogP contribution in [0.1, 0.15) is 11.3 Å². The number of hydrogen-bond donors (Lipinski definition) is 1. The van der Waals surface area contributed by atoms with Gasteiger partial charge in [-0.15, -0.1) is 0 Å². The monoisotopic (exact) mass is 232 g/mol. The first-order valence-corrected chi connectivity index (χ1v) is 5.45. The Balaban J connectivity index is 2.20. The van der Waals surface area contributed by atoms with Crippen molar-refractivity contribution in [3.05, 3.63) is 35.9 Å². The van der Waals surface area contributed by atoms with E-state index in [1.54, 1.807) is 13.3 Å². The third-order valence-corrected chi connectivity index (χ3v) is 2.50. The molecule has 2 aromatic rings. The molecule has 0 aliphatic rings. The van der Waals surface area contributed by atoms with Gasteiger partial charge < -0.3 is 14.6 Å². The molecule has 17 heavy (non-hydrogen) atoms. The fourth-order valence-corrected chi connectivity index (χ4v) is 1.65. The van der Waals surface area contributed by atoms with E-state index in [1.165, 1.54) is 0 Å². The van der Waals surface area contributed by atoms with Crippen molar-refractivity contribution >= 4 is 11.8 Å². The predicted molar refractivity (Wildman–Crippen MR) is 67.1 cm³/mol. The summed E-state index contributed by atoms with van der Waals surface area (Å²) in [6.45, 7) is 2.68. The molecule has 90 valence electrons. The standard InChI is InChI=1S/C12H16N4O/c1-9-7-14-12(13-2)15-11(9)16(3)8-10-5-4-6-17-10/h4-7H,8H2,1-3H3,(H,13,14,15). The lowest BCUT2D eigenvalue weighted by molar-refractivity contribution is 0.507. The predicted octanol–water partition coefficient (Wildman–Crippen LogP) is 2.06. The topological polar surface area (TPSA) is 54.2 Å². The van der Waals surface area contributed by atoms with Crippen LogP contribution in [-0.2, 0) is 6.54 Å². The van der Waals surface area contributed by atoms with Gasteiger partial charge in [0.15, 0.2) is 0 Å². The molecule has 0 radical (unpaired) electrons. The molecule has 0 amide bonds. The smallest absolute Gasteiger partial charge is 0.224 e. The van der Waals surface area contributed by atoms with Gasteiger partial charge in [0.05, 0.1) is 12.8 Å². The summed E-state index contributed by atoms with van der Waals surface area (Å²) in [5, 5.41) is 2.94. The molecule has 2 heterocycles. The quantitative estimate of drug-likeness (QED) is 0.874. The third-order valence-electron chi connectivity index (χ3n) is 2.50. The minimum atomic E-state index is 0.622. The molecule has 0 aromatic carbocycles. The number of aromatic nitrogens is 2. The van der Waals surface area contributed by atoms with Crippen LogP contribution in [0.15, 0.2) is 29.0 Å². The molecule has 0 bridgehead atoms. The first kappa shape index (κ1) is 11.4. The fourth-order valence-electron chi connectivity index (χ4n) is 1.65. The molecule has 0 fully saturated rings. The first-order chi connectivity index (χ1) is 8.20. The highest BCUT2D eigenvalue weighted by Crippen LogP contribution is 2.18. The highest BCUT2D eigenvalue weighted by molar-refractivity contribution is 5.48. The van der Waals surface area contributed by atoms with Gasteiger partial charge in [-0.25, -0.2) is 4.98 Å². The van der Waals surface area contributed by atoms with E-state index >= 15 is 0 Å². The first-order valence-electron chi connectivity index (χ1n) is 5.45. The van der Waals surface area contributed by atoms with Crippen LogP contribution in [0, 0.1) is 6.92 Å². The average molecular weight is 232 g/mol. The van der Waals surface area contributed by atoms with Gasteiger partial charge in [0.25, 0.3) is 0 Å². The normalized spacial score (nSPS) is 10.3. The van der Waals surface area contributed by atoms with Gasteiger partial charge in [-0.1, -0.05) is 0 Å². The van der Waals surface area contributed by atoms with Gasteiger partial charge in [0.1, 0.15) is 11.6 Å². The highest BCUT2D eigenvalue weighted by Gasteiger charge is 2.09. The Morgan fingerprint density at radius 1 is 1.47 bits per heavy atom. The van der Waals surface area contributed by atoms with Gasteiger partial charge in [-0.05, 0) is 19.1 Å². The number of aryl methyl sites for hydroxylation is 1. The molecule has 0 aliphatic carbocycles. The Kier molecular flexibility index (Phi) is 3.27. The van der Waals surface area contributed by atoms with Crippen LogP contribution in [0.3, 0.4) is 0 Å². The maximum Gasteiger partial charge on any atom is 0.224 e. The van der Waals surface area contributed by atoms with Crippen molar-refractivity contribution in [2.45, 2.75) is 13.5 Å². The van der Waals surface area contributed by atoms with E-state index in [9.17, 15) is 0 Å². The molecule has 5 heteroatoms. The van der Waals surface area contributed by atoms with Gasteiger partial charge in [-0.3, -0.25) is 0 Å². The van der Waals surface area contributed by atoms with Crippen LogP contribution in [-0.4, -0.2) is 24.1 Å². The Morgan fingerprint density at radius 2 is 2.29 bits per heavy atom. The summed E-state index contributed by atoms with van der Waals surface area (Å²) < 4.78 is 5.32. The second-order valence-corrected chi connectivity index (χ2v) is 3.89. The van der Waals surface area contributed by atoms with Crippen LogP contribution in [0.25, 0.3) is 0 Å². The molecule has 0 saturated carbocycles. The fraction of sp³-hybridized carbons (Fsp3) is 0.333. The van der Waals surface area contributed by atoms with Gasteiger partial charge >= 0.3 is 0 Å². The summed E-state index contributed by atoms with van der Waals surface area (Å²) in [6, 6.07) is 3.83. The molecule has 2 aromatic heterocycles. The second-order valence-electron chi connectivity index (χ2n) is 3.89. The number of anilines is 2. The van der Waals surface area contributed by atoms with E-state index < -0.39 is 0 Å². The minimum Gasteiger partial charge on any atom is -0.467 e. The van der Waals surface area contributed by atoms with Crippen molar-refractivity contribution in [3.63, 3.8) is 0 Å². The van der Waals surface area contributed by atoms with Crippen molar-refractivity contribution in [1.29, 1.82) is 0 Å². The summed E-state index contributed by atoms with van der Waals surface area (Å²) >= 11 is 0.